The first kappa shape index (κ1) is 13.9. The fourth-order valence-corrected chi connectivity index (χ4v) is 2.78. The largest absolute Gasteiger partial charge is 0.497 e. The highest BCUT2D eigenvalue weighted by atomic mass is 79.9. The summed E-state index contributed by atoms with van der Waals surface area (Å²) in [4.78, 5) is 6.45. The Hall–Kier alpha value is -2.01. The number of guanidine groups is 1. The van der Waals surface area contributed by atoms with Gasteiger partial charge in [0.15, 0.2) is 5.96 Å². The molecule has 0 aromatic heterocycles. The molecule has 1 aliphatic heterocycles. The van der Waals surface area contributed by atoms with Crippen molar-refractivity contribution in [3.8, 4) is 5.75 Å². The molecule has 2 aromatic carbocycles. The van der Waals surface area contributed by atoms with Gasteiger partial charge in [-0.15, -0.1) is 0 Å². The van der Waals surface area contributed by atoms with Crippen LogP contribution in [-0.2, 0) is 0 Å². The first-order chi connectivity index (χ1) is 10.2. The van der Waals surface area contributed by atoms with E-state index in [1.165, 1.54) is 0 Å². The number of hydrogen-bond donors (Lipinski definition) is 1. The minimum Gasteiger partial charge on any atom is -0.497 e. The number of aliphatic imine (C=N–C) groups is 1. The van der Waals surface area contributed by atoms with Crippen LogP contribution in [0.15, 0.2) is 58.0 Å². The van der Waals surface area contributed by atoms with Crippen LogP contribution in [0.4, 0.5) is 5.69 Å². The van der Waals surface area contributed by atoms with E-state index in [1.807, 2.05) is 42.5 Å². The van der Waals surface area contributed by atoms with Crippen molar-refractivity contribution >= 4 is 27.6 Å². The Morgan fingerprint density at radius 2 is 2.00 bits per heavy atom. The van der Waals surface area contributed by atoms with E-state index in [2.05, 4.69) is 31.9 Å². The van der Waals surface area contributed by atoms with Gasteiger partial charge in [0.2, 0.25) is 0 Å². The maximum atomic E-state index is 6.08. The van der Waals surface area contributed by atoms with Crippen LogP contribution in [0.25, 0.3) is 0 Å². The Kier molecular flexibility index (Phi) is 3.84. The molecule has 0 amide bonds. The van der Waals surface area contributed by atoms with E-state index in [9.17, 15) is 0 Å². The number of nitrogens with zero attached hydrogens (tertiary/aromatic N) is 2. The molecule has 0 aliphatic carbocycles. The van der Waals surface area contributed by atoms with Crippen LogP contribution in [0.3, 0.4) is 0 Å². The topological polar surface area (TPSA) is 50.9 Å². The second-order valence-corrected chi connectivity index (χ2v) is 5.75. The van der Waals surface area contributed by atoms with Crippen LogP contribution in [0, 0.1) is 0 Å². The SMILES string of the molecule is COc1cccc(C2CN=C(N)N2c2ccc(Br)cc2)c1. The van der Waals surface area contributed by atoms with Gasteiger partial charge in [0.05, 0.1) is 19.7 Å². The summed E-state index contributed by atoms with van der Waals surface area (Å²) < 4.78 is 6.35. The Balaban J connectivity index is 1.96. The number of nitrogens with two attached hydrogens (primary N) is 1. The van der Waals surface area contributed by atoms with Gasteiger partial charge in [-0.2, -0.15) is 0 Å². The molecule has 0 spiro atoms. The van der Waals surface area contributed by atoms with Crippen molar-refractivity contribution < 1.29 is 4.74 Å². The summed E-state index contributed by atoms with van der Waals surface area (Å²) in [5.41, 5.74) is 8.25. The Morgan fingerprint density at radius 3 is 2.71 bits per heavy atom. The zero-order chi connectivity index (χ0) is 14.8. The van der Waals surface area contributed by atoms with Gasteiger partial charge in [0.25, 0.3) is 0 Å². The third kappa shape index (κ3) is 2.74. The quantitative estimate of drug-likeness (QED) is 0.928. The second kappa shape index (κ2) is 5.77. The lowest BCUT2D eigenvalue weighted by Gasteiger charge is -2.27. The zero-order valence-electron chi connectivity index (χ0n) is 11.7. The molecule has 2 N–H and O–H groups in total. The van der Waals surface area contributed by atoms with Gasteiger partial charge >= 0.3 is 0 Å². The first-order valence-corrected chi connectivity index (χ1v) is 7.47. The summed E-state index contributed by atoms with van der Waals surface area (Å²) in [5, 5.41) is 0. The molecule has 5 heteroatoms. The smallest absolute Gasteiger partial charge is 0.196 e. The maximum Gasteiger partial charge on any atom is 0.196 e. The molecular weight excluding hydrogens is 330 g/mol. The van der Waals surface area contributed by atoms with Gasteiger partial charge in [-0.25, -0.2) is 0 Å². The third-order valence-electron chi connectivity index (χ3n) is 3.57. The van der Waals surface area contributed by atoms with Gasteiger partial charge in [-0.05, 0) is 42.0 Å². The van der Waals surface area contributed by atoms with Crippen molar-refractivity contribution in [2.75, 3.05) is 18.6 Å². The minimum atomic E-state index is 0.0984. The van der Waals surface area contributed by atoms with Gasteiger partial charge < -0.3 is 15.4 Å². The van der Waals surface area contributed by atoms with E-state index >= 15 is 0 Å². The highest BCUT2D eigenvalue weighted by Crippen LogP contribution is 2.33. The minimum absolute atomic E-state index is 0.0984. The molecule has 21 heavy (non-hydrogen) atoms. The molecule has 0 bridgehead atoms. The summed E-state index contributed by atoms with van der Waals surface area (Å²) in [5.74, 6) is 1.39. The Morgan fingerprint density at radius 1 is 1.24 bits per heavy atom. The van der Waals surface area contributed by atoms with E-state index in [0.29, 0.717) is 12.5 Å². The highest BCUT2D eigenvalue weighted by molar-refractivity contribution is 9.10. The average molecular weight is 346 g/mol. The lowest BCUT2D eigenvalue weighted by molar-refractivity contribution is 0.414. The molecule has 3 rings (SSSR count). The second-order valence-electron chi connectivity index (χ2n) is 4.84. The molecule has 0 radical (unpaired) electrons. The van der Waals surface area contributed by atoms with Crippen molar-refractivity contribution in [1.29, 1.82) is 0 Å². The van der Waals surface area contributed by atoms with Crippen molar-refractivity contribution in [1.82, 2.24) is 0 Å². The van der Waals surface area contributed by atoms with E-state index < -0.39 is 0 Å². The van der Waals surface area contributed by atoms with Gasteiger partial charge in [-0.3, -0.25) is 4.99 Å². The fourth-order valence-electron chi connectivity index (χ4n) is 2.51. The van der Waals surface area contributed by atoms with Crippen molar-refractivity contribution in [3.63, 3.8) is 0 Å². The highest BCUT2D eigenvalue weighted by Gasteiger charge is 2.28. The predicted octanol–water partition coefficient (Wildman–Crippen LogP) is 3.33. The molecule has 2 aromatic rings. The third-order valence-corrected chi connectivity index (χ3v) is 4.10. The first-order valence-electron chi connectivity index (χ1n) is 6.67. The zero-order valence-corrected chi connectivity index (χ0v) is 13.2. The summed E-state index contributed by atoms with van der Waals surface area (Å²) in [6, 6.07) is 16.2. The van der Waals surface area contributed by atoms with Crippen LogP contribution in [0.2, 0.25) is 0 Å². The molecule has 1 atom stereocenters. The van der Waals surface area contributed by atoms with E-state index in [4.69, 9.17) is 10.5 Å². The standard InChI is InChI=1S/C16H16BrN3O/c1-21-14-4-2-3-11(9-14)15-10-19-16(18)20(15)13-7-5-12(17)6-8-13/h2-9,15H,10H2,1H3,(H2,18,19). The van der Waals surface area contributed by atoms with Crippen molar-refractivity contribution in [2.45, 2.75) is 6.04 Å². The van der Waals surface area contributed by atoms with Gasteiger partial charge in [0.1, 0.15) is 5.75 Å². The number of halogens is 1. The number of ether oxygens (including phenoxy) is 1. The van der Waals surface area contributed by atoms with Crippen LogP contribution >= 0.6 is 15.9 Å². The number of rotatable bonds is 3. The van der Waals surface area contributed by atoms with E-state index in [0.717, 1.165) is 21.5 Å². The van der Waals surface area contributed by atoms with Crippen molar-refractivity contribution in [2.24, 2.45) is 10.7 Å². The van der Waals surface area contributed by atoms with Gasteiger partial charge in [-0.1, -0.05) is 28.1 Å². The summed E-state index contributed by atoms with van der Waals surface area (Å²) >= 11 is 3.45. The maximum absolute atomic E-state index is 6.08. The number of hydrogen-bond acceptors (Lipinski definition) is 4. The predicted molar refractivity (Wildman–Crippen MR) is 88.8 cm³/mol. The summed E-state index contributed by atoms with van der Waals surface area (Å²) in [6.45, 7) is 0.648. The lowest BCUT2D eigenvalue weighted by Crippen LogP contribution is -2.36. The molecule has 1 aliphatic rings. The Labute approximate surface area is 132 Å². The summed E-state index contributed by atoms with van der Waals surface area (Å²) in [6.07, 6.45) is 0. The van der Waals surface area contributed by atoms with Crippen LogP contribution in [0.1, 0.15) is 11.6 Å². The molecule has 1 unspecified atom stereocenters. The monoisotopic (exact) mass is 345 g/mol. The normalized spacial score (nSPS) is 17.7. The average Bonchev–Trinajstić information content (AvgIpc) is 2.90. The van der Waals surface area contributed by atoms with Crippen LogP contribution in [0.5, 0.6) is 5.75 Å². The van der Waals surface area contributed by atoms with Crippen LogP contribution in [-0.4, -0.2) is 19.6 Å². The van der Waals surface area contributed by atoms with Crippen LogP contribution < -0.4 is 15.4 Å². The molecule has 1 heterocycles. The molecule has 0 fully saturated rings. The van der Waals surface area contributed by atoms with Gasteiger partial charge in [0, 0.05) is 10.2 Å². The van der Waals surface area contributed by atoms with Crippen molar-refractivity contribution in [3.05, 3.63) is 58.6 Å². The molecule has 4 nitrogen and oxygen atoms in total. The summed E-state index contributed by atoms with van der Waals surface area (Å²) in [7, 11) is 1.67. The molecule has 0 saturated heterocycles. The fraction of sp³-hybridized carbons (Fsp3) is 0.188. The Bertz CT molecular complexity index is 669. The molecular formula is C16H16BrN3O. The molecule has 108 valence electrons. The van der Waals surface area contributed by atoms with E-state index in [-0.39, 0.29) is 6.04 Å². The van der Waals surface area contributed by atoms with E-state index in [1.54, 1.807) is 7.11 Å². The number of anilines is 1. The lowest BCUT2D eigenvalue weighted by atomic mass is 10.1. The number of benzene rings is 2. The number of methoxy groups -OCH3 is 1. The molecule has 0 saturated carbocycles.